The maximum Gasteiger partial charge on any atom is 0.138 e. The summed E-state index contributed by atoms with van der Waals surface area (Å²) < 4.78 is 1.07. The lowest BCUT2D eigenvalue weighted by Gasteiger charge is -2.00. The van der Waals surface area contributed by atoms with Gasteiger partial charge in [0.1, 0.15) is 5.82 Å². The van der Waals surface area contributed by atoms with E-state index in [1.54, 1.807) is 0 Å². The number of rotatable bonds is 1. The molecule has 0 aliphatic heterocycles. The van der Waals surface area contributed by atoms with E-state index in [0.717, 1.165) is 26.9 Å². The van der Waals surface area contributed by atoms with E-state index in [2.05, 4.69) is 82.4 Å². The summed E-state index contributed by atoms with van der Waals surface area (Å²) in [4.78, 5) is 8.17. The maximum absolute atomic E-state index is 4.75. The number of H-pyrrole nitrogens is 1. The van der Waals surface area contributed by atoms with Crippen LogP contribution in [-0.2, 0) is 0 Å². The van der Waals surface area contributed by atoms with Gasteiger partial charge < -0.3 is 4.98 Å². The molecule has 0 bridgehead atoms. The van der Waals surface area contributed by atoms with Crippen LogP contribution in [0.1, 0.15) is 5.56 Å². The van der Waals surface area contributed by atoms with Crippen LogP contribution in [0.5, 0.6) is 0 Å². The highest BCUT2D eigenvalue weighted by Gasteiger charge is 2.08. The summed E-state index contributed by atoms with van der Waals surface area (Å²) >= 11 is 3.53. The summed E-state index contributed by atoms with van der Waals surface area (Å²) in [6.45, 7) is 2.08. The van der Waals surface area contributed by atoms with E-state index in [-0.39, 0.29) is 0 Å². The molecule has 0 saturated carbocycles. The Morgan fingerprint density at radius 3 is 2.62 bits per heavy atom. The Morgan fingerprint density at radius 2 is 1.76 bits per heavy atom. The Bertz CT molecular complexity index is 969. The van der Waals surface area contributed by atoms with Crippen molar-refractivity contribution >= 4 is 37.7 Å². The Morgan fingerprint density at radius 1 is 0.952 bits per heavy atom. The molecule has 4 aromatic rings. The minimum Gasteiger partial charge on any atom is -0.338 e. The van der Waals surface area contributed by atoms with Crippen molar-refractivity contribution in [3.05, 3.63) is 64.6 Å². The van der Waals surface area contributed by atoms with Gasteiger partial charge in [0, 0.05) is 10.0 Å². The Kier molecular flexibility index (Phi) is 2.82. The average Bonchev–Trinajstić information content (AvgIpc) is 2.91. The molecule has 0 amide bonds. The molecule has 0 aliphatic carbocycles. The third kappa shape index (κ3) is 2.14. The lowest BCUT2D eigenvalue weighted by molar-refractivity contribution is 1.33. The number of hydrogen-bond donors (Lipinski definition) is 1. The molecule has 0 unspecified atom stereocenters. The summed E-state index contributed by atoms with van der Waals surface area (Å²) in [7, 11) is 0. The van der Waals surface area contributed by atoms with Gasteiger partial charge >= 0.3 is 0 Å². The highest BCUT2D eigenvalue weighted by Crippen LogP contribution is 2.27. The molecule has 0 spiro atoms. The Labute approximate surface area is 131 Å². The molecule has 0 saturated heterocycles. The van der Waals surface area contributed by atoms with Gasteiger partial charge in [-0.3, -0.25) is 0 Å². The second-order valence-corrected chi connectivity index (χ2v) is 6.18. The predicted octanol–water partition coefficient (Wildman–Crippen LogP) is 5.45. The first kappa shape index (κ1) is 12.6. The van der Waals surface area contributed by atoms with Gasteiger partial charge in [0.05, 0.1) is 11.0 Å². The second-order valence-electron chi connectivity index (χ2n) is 5.27. The molecular formula is C18H13BrN2. The minimum atomic E-state index is 0.914. The SMILES string of the molecule is Cc1cc(Br)cc2[nH]c(-c3ccc4ccccc4c3)nc12. The molecular weight excluding hydrogens is 324 g/mol. The minimum absolute atomic E-state index is 0.914. The topological polar surface area (TPSA) is 28.7 Å². The lowest BCUT2D eigenvalue weighted by Crippen LogP contribution is -1.81. The predicted molar refractivity (Wildman–Crippen MR) is 91.5 cm³/mol. The van der Waals surface area contributed by atoms with Gasteiger partial charge in [-0.05, 0) is 41.5 Å². The van der Waals surface area contributed by atoms with Crippen LogP contribution in [0.4, 0.5) is 0 Å². The zero-order chi connectivity index (χ0) is 14.4. The fraction of sp³-hybridized carbons (Fsp3) is 0.0556. The molecule has 3 aromatic carbocycles. The number of nitrogens with zero attached hydrogens (tertiary/aromatic N) is 1. The molecule has 1 heterocycles. The largest absolute Gasteiger partial charge is 0.338 e. The third-order valence-electron chi connectivity index (χ3n) is 3.76. The number of halogens is 1. The molecule has 2 nitrogen and oxygen atoms in total. The lowest BCUT2D eigenvalue weighted by atomic mass is 10.1. The molecule has 0 radical (unpaired) electrons. The zero-order valence-electron chi connectivity index (χ0n) is 11.5. The molecule has 4 rings (SSSR count). The van der Waals surface area contributed by atoms with Gasteiger partial charge in [0.15, 0.2) is 0 Å². The second kappa shape index (κ2) is 4.71. The summed E-state index contributed by atoms with van der Waals surface area (Å²) in [5.41, 5.74) is 4.37. The van der Waals surface area contributed by atoms with E-state index in [0.29, 0.717) is 0 Å². The van der Waals surface area contributed by atoms with Crippen LogP contribution < -0.4 is 0 Å². The molecule has 21 heavy (non-hydrogen) atoms. The van der Waals surface area contributed by atoms with Crippen LogP contribution in [0, 0.1) is 6.92 Å². The summed E-state index contributed by atoms with van der Waals surface area (Å²) in [6, 6.07) is 19.0. The monoisotopic (exact) mass is 336 g/mol. The summed E-state index contributed by atoms with van der Waals surface area (Å²) in [5, 5.41) is 2.48. The Hall–Kier alpha value is -2.13. The average molecular weight is 337 g/mol. The van der Waals surface area contributed by atoms with E-state index >= 15 is 0 Å². The van der Waals surface area contributed by atoms with Crippen LogP contribution in [-0.4, -0.2) is 9.97 Å². The van der Waals surface area contributed by atoms with Crippen molar-refractivity contribution in [2.24, 2.45) is 0 Å². The van der Waals surface area contributed by atoms with Crippen molar-refractivity contribution in [2.75, 3.05) is 0 Å². The van der Waals surface area contributed by atoms with Crippen molar-refractivity contribution in [1.29, 1.82) is 0 Å². The molecule has 0 fully saturated rings. The molecule has 0 aliphatic rings. The first-order valence-electron chi connectivity index (χ1n) is 6.86. The van der Waals surface area contributed by atoms with Crippen LogP contribution in [0.3, 0.4) is 0 Å². The number of aryl methyl sites for hydroxylation is 1. The van der Waals surface area contributed by atoms with Gasteiger partial charge in [0.25, 0.3) is 0 Å². The van der Waals surface area contributed by atoms with Gasteiger partial charge in [-0.25, -0.2) is 4.98 Å². The van der Waals surface area contributed by atoms with Gasteiger partial charge in [0.2, 0.25) is 0 Å². The van der Waals surface area contributed by atoms with Crippen LogP contribution in [0.25, 0.3) is 33.2 Å². The van der Waals surface area contributed by atoms with Crippen LogP contribution in [0.15, 0.2) is 59.1 Å². The summed E-state index contributed by atoms with van der Waals surface area (Å²) in [5.74, 6) is 0.914. The molecule has 3 heteroatoms. The number of imidazole rings is 1. The van der Waals surface area contributed by atoms with Crippen molar-refractivity contribution in [3.8, 4) is 11.4 Å². The van der Waals surface area contributed by atoms with E-state index in [9.17, 15) is 0 Å². The summed E-state index contributed by atoms with van der Waals surface area (Å²) in [6.07, 6.45) is 0. The standard InChI is InChI=1S/C18H13BrN2/c1-11-8-15(19)10-16-17(11)21-18(20-16)14-7-6-12-4-2-3-5-13(12)9-14/h2-10H,1H3,(H,20,21). The Balaban J connectivity index is 1.93. The smallest absolute Gasteiger partial charge is 0.138 e. The van der Waals surface area contributed by atoms with Crippen molar-refractivity contribution in [1.82, 2.24) is 9.97 Å². The van der Waals surface area contributed by atoms with E-state index in [1.165, 1.54) is 16.3 Å². The maximum atomic E-state index is 4.75. The van der Waals surface area contributed by atoms with E-state index in [4.69, 9.17) is 4.98 Å². The highest BCUT2D eigenvalue weighted by atomic mass is 79.9. The van der Waals surface area contributed by atoms with Crippen LogP contribution in [0.2, 0.25) is 0 Å². The number of hydrogen-bond acceptors (Lipinski definition) is 1. The molecule has 102 valence electrons. The van der Waals surface area contributed by atoms with Crippen LogP contribution >= 0.6 is 15.9 Å². The highest BCUT2D eigenvalue weighted by molar-refractivity contribution is 9.10. The fourth-order valence-electron chi connectivity index (χ4n) is 2.72. The normalized spacial score (nSPS) is 11.3. The van der Waals surface area contributed by atoms with Crippen molar-refractivity contribution in [3.63, 3.8) is 0 Å². The van der Waals surface area contributed by atoms with Gasteiger partial charge in [-0.2, -0.15) is 0 Å². The quantitative estimate of drug-likeness (QED) is 0.491. The van der Waals surface area contributed by atoms with Gasteiger partial charge in [-0.15, -0.1) is 0 Å². The number of aromatic nitrogens is 2. The molecule has 1 aromatic heterocycles. The van der Waals surface area contributed by atoms with E-state index in [1.807, 2.05) is 0 Å². The number of aromatic amines is 1. The van der Waals surface area contributed by atoms with Crippen molar-refractivity contribution < 1.29 is 0 Å². The van der Waals surface area contributed by atoms with E-state index < -0.39 is 0 Å². The van der Waals surface area contributed by atoms with Gasteiger partial charge in [-0.1, -0.05) is 52.3 Å². The zero-order valence-corrected chi connectivity index (χ0v) is 13.1. The molecule has 0 atom stereocenters. The fourth-order valence-corrected chi connectivity index (χ4v) is 3.29. The first-order valence-corrected chi connectivity index (χ1v) is 7.65. The van der Waals surface area contributed by atoms with Crippen molar-refractivity contribution in [2.45, 2.75) is 6.92 Å². The number of benzene rings is 3. The third-order valence-corrected chi connectivity index (χ3v) is 4.22. The number of fused-ring (bicyclic) bond motifs is 2. The first-order chi connectivity index (χ1) is 10.2. The molecule has 1 N–H and O–H groups in total. The number of nitrogens with one attached hydrogen (secondary N) is 1.